The molecular formula is C24H19BrN2O5. The molecule has 2 heterocycles. The van der Waals surface area contributed by atoms with E-state index in [0.29, 0.717) is 29.2 Å². The van der Waals surface area contributed by atoms with Crippen LogP contribution in [0.25, 0.3) is 5.76 Å². The topological polar surface area (TPSA) is 92.9 Å². The summed E-state index contributed by atoms with van der Waals surface area (Å²) >= 11 is 3.39. The van der Waals surface area contributed by atoms with Gasteiger partial charge in [-0.15, -0.1) is 0 Å². The van der Waals surface area contributed by atoms with Crippen LogP contribution in [0, 0.1) is 6.92 Å². The molecule has 162 valence electrons. The van der Waals surface area contributed by atoms with Crippen molar-refractivity contribution in [1.82, 2.24) is 5.16 Å². The van der Waals surface area contributed by atoms with Gasteiger partial charge < -0.3 is 14.4 Å². The molecule has 1 aromatic heterocycles. The number of hydrogen-bond donors (Lipinski definition) is 1. The third-order valence-corrected chi connectivity index (χ3v) is 5.52. The number of benzene rings is 2. The molecule has 0 bridgehead atoms. The van der Waals surface area contributed by atoms with Gasteiger partial charge in [0, 0.05) is 16.1 Å². The lowest BCUT2D eigenvalue weighted by Crippen LogP contribution is -2.29. The quantitative estimate of drug-likeness (QED) is 0.226. The lowest BCUT2D eigenvalue weighted by atomic mass is 9.95. The number of aliphatic hydroxyl groups is 1. The van der Waals surface area contributed by atoms with Crippen LogP contribution in [0.15, 0.2) is 81.8 Å². The van der Waals surface area contributed by atoms with Crippen molar-refractivity contribution in [2.24, 2.45) is 0 Å². The number of rotatable bonds is 6. The fourth-order valence-electron chi connectivity index (χ4n) is 3.52. The summed E-state index contributed by atoms with van der Waals surface area (Å²) in [6, 6.07) is 14.5. The van der Waals surface area contributed by atoms with Crippen molar-refractivity contribution in [3.63, 3.8) is 0 Å². The number of nitrogens with zero attached hydrogens (tertiary/aromatic N) is 2. The monoisotopic (exact) mass is 494 g/mol. The Morgan fingerprint density at radius 3 is 2.50 bits per heavy atom. The molecule has 32 heavy (non-hydrogen) atoms. The Labute approximate surface area is 192 Å². The summed E-state index contributed by atoms with van der Waals surface area (Å²) < 4.78 is 11.4. The van der Waals surface area contributed by atoms with Crippen LogP contribution in [0.4, 0.5) is 5.82 Å². The van der Waals surface area contributed by atoms with Crippen molar-refractivity contribution >= 4 is 39.2 Å². The van der Waals surface area contributed by atoms with Crippen LogP contribution in [0.3, 0.4) is 0 Å². The van der Waals surface area contributed by atoms with E-state index < -0.39 is 17.7 Å². The molecule has 2 aromatic carbocycles. The molecule has 4 rings (SSSR count). The van der Waals surface area contributed by atoms with Crippen LogP contribution in [-0.2, 0) is 9.59 Å². The number of aromatic nitrogens is 1. The summed E-state index contributed by atoms with van der Waals surface area (Å²) in [5.41, 5.74) is 0.991. The number of aryl methyl sites for hydroxylation is 1. The smallest absolute Gasteiger partial charge is 0.301 e. The summed E-state index contributed by atoms with van der Waals surface area (Å²) in [6.45, 7) is 5.64. The molecule has 1 aliphatic heterocycles. The predicted octanol–water partition coefficient (Wildman–Crippen LogP) is 4.94. The number of hydrogen-bond acceptors (Lipinski definition) is 6. The van der Waals surface area contributed by atoms with Crippen LogP contribution in [0.2, 0.25) is 0 Å². The molecule has 0 unspecified atom stereocenters. The molecule has 1 aliphatic rings. The standard InChI is InChI=1S/C24H19BrN2O5/c1-3-12-31-18-10-6-16(7-11-18)22(28)20-21(15-4-8-17(25)9-5-15)27(24(30)23(20)29)19-13-14(2)32-26-19/h3-11,13,21,28H,1,12H2,2H3/t21-/m1/s1. The van der Waals surface area contributed by atoms with Gasteiger partial charge in [0.25, 0.3) is 5.78 Å². The summed E-state index contributed by atoms with van der Waals surface area (Å²) in [6.07, 6.45) is 1.62. The Balaban J connectivity index is 1.84. The highest BCUT2D eigenvalue weighted by Crippen LogP contribution is 2.42. The van der Waals surface area contributed by atoms with E-state index >= 15 is 0 Å². The normalized spacial score (nSPS) is 17.6. The highest BCUT2D eigenvalue weighted by Gasteiger charge is 2.48. The zero-order chi connectivity index (χ0) is 22.8. The fraction of sp³-hybridized carbons (Fsp3) is 0.125. The zero-order valence-electron chi connectivity index (χ0n) is 17.1. The number of ether oxygens (including phenoxy) is 1. The maximum absolute atomic E-state index is 13.1. The van der Waals surface area contributed by atoms with Crippen LogP contribution >= 0.6 is 15.9 Å². The molecule has 1 atom stereocenters. The van der Waals surface area contributed by atoms with Crippen LogP contribution < -0.4 is 9.64 Å². The first kappa shape index (κ1) is 21.6. The SMILES string of the molecule is C=CCOc1ccc(C(O)=C2C(=O)C(=O)N(c3cc(C)on3)[C@@H]2c2ccc(Br)cc2)cc1. The molecule has 7 nitrogen and oxygen atoms in total. The molecule has 3 aromatic rings. The molecular weight excluding hydrogens is 476 g/mol. The van der Waals surface area contributed by atoms with Gasteiger partial charge in [0.2, 0.25) is 0 Å². The molecule has 1 N–H and O–H groups in total. The predicted molar refractivity (Wildman–Crippen MR) is 122 cm³/mol. The fourth-order valence-corrected chi connectivity index (χ4v) is 3.78. The maximum atomic E-state index is 13.1. The second-order valence-corrected chi connectivity index (χ2v) is 8.06. The lowest BCUT2D eigenvalue weighted by Gasteiger charge is -2.22. The Bertz CT molecular complexity index is 1210. The van der Waals surface area contributed by atoms with E-state index in [1.807, 2.05) is 0 Å². The molecule has 1 amide bonds. The number of anilines is 1. The molecule has 0 saturated carbocycles. The first-order chi connectivity index (χ1) is 15.4. The van der Waals surface area contributed by atoms with Gasteiger partial charge in [-0.05, 0) is 48.9 Å². The van der Waals surface area contributed by atoms with Gasteiger partial charge in [0.15, 0.2) is 5.82 Å². The van der Waals surface area contributed by atoms with Gasteiger partial charge in [0.05, 0.1) is 11.6 Å². The molecule has 0 aliphatic carbocycles. The third kappa shape index (κ3) is 3.97. The van der Waals surface area contributed by atoms with Gasteiger partial charge in [0.1, 0.15) is 23.9 Å². The highest BCUT2D eigenvalue weighted by molar-refractivity contribution is 9.10. The molecule has 0 radical (unpaired) electrons. The van der Waals surface area contributed by atoms with Crippen LogP contribution in [0.5, 0.6) is 5.75 Å². The van der Waals surface area contributed by atoms with E-state index in [-0.39, 0.29) is 17.2 Å². The molecule has 0 spiro atoms. The molecule has 1 fully saturated rings. The van der Waals surface area contributed by atoms with Crippen molar-refractivity contribution in [2.75, 3.05) is 11.5 Å². The van der Waals surface area contributed by atoms with E-state index in [2.05, 4.69) is 27.7 Å². The van der Waals surface area contributed by atoms with Crippen molar-refractivity contribution in [1.29, 1.82) is 0 Å². The summed E-state index contributed by atoms with van der Waals surface area (Å²) in [5, 5.41) is 15.0. The maximum Gasteiger partial charge on any atom is 0.301 e. The summed E-state index contributed by atoms with van der Waals surface area (Å²) in [4.78, 5) is 27.3. The van der Waals surface area contributed by atoms with Crippen molar-refractivity contribution in [3.05, 3.63) is 94.2 Å². The van der Waals surface area contributed by atoms with Gasteiger partial charge in [-0.1, -0.05) is 45.9 Å². The lowest BCUT2D eigenvalue weighted by molar-refractivity contribution is -0.132. The van der Waals surface area contributed by atoms with E-state index in [1.54, 1.807) is 67.6 Å². The Morgan fingerprint density at radius 1 is 1.22 bits per heavy atom. The van der Waals surface area contributed by atoms with Crippen LogP contribution in [0.1, 0.15) is 22.9 Å². The second-order valence-electron chi connectivity index (χ2n) is 7.14. The van der Waals surface area contributed by atoms with Gasteiger partial charge in [-0.2, -0.15) is 0 Å². The largest absolute Gasteiger partial charge is 0.507 e. The second kappa shape index (κ2) is 8.84. The Kier molecular flexibility index (Phi) is 5.96. The highest BCUT2D eigenvalue weighted by atomic mass is 79.9. The first-order valence-electron chi connectivity index (χ1n) is 9.74. The average molecular weight is 495 g/mol. The van der Waals surface area contributed by atoms with E-state index in [0.717, 1.165) is 4.47 Å². The number of Topliss-reactive ketones (excluding diaryl/α,β-unsaturated/α-hetero) is 1. The molecule has 8 heteroatoms. The summed E-state index contributed by atoms with van der Waals surface area (Å²) in [7, 11) is 0. The van der Waals surface area contributed by atoms with Crippen molar-refractivity contribution in [3.8, 4) is 5.75 Å². The minimum absolute atomic E-state index is 0.0299. The number of ketones is 1. The average Bonchev–Trinajstić information content (AvgIpc) is 3.33. The van der Waals surface area contributed by atoms with E-state index in [9.17, 15) is 14.7 Å². The Morgan fingerprint density at radius 2 is 1.91 bits per heavy atom. The number of carbonyl (C=O) groups excluding carboxylic acids is 2. The number of halogens is 1. The number of aliphatic hydroxyl groups excluding tert-OH is 1. The van der Waals surface area contributed by atoms with Gasteiger partial charge in [-0.25, -0.2) is 0 Å². The molecule has 1 saturated heterocycles. The Hall–Kier alpha value is -3.65. The van der Waals surface area contributed by atoms with E-state index in [4.69, 9.17) is 9.26 Å². The number of amides is 1. The van der Waals surface area contributed by atoms with Crippen molar-refractivity contribution < 1.29 is 24.0 Å². The van der Waals surface area contributed by atoms with Gasteiger partial charge >= 0.3 is 5.91 Å². The van der Waals surface area contributed by atoms with Crippen LogP contribution in [-0.4, -0.2) is 28.6 Å². The third-order valence-electron chi connectivity index (χ3n) is 4.99. The van der Waals surface area contributed by atoms with E-state index in [1.165, 1.54) is 4.90 Å². The zero-order valence-corrected chi connectivity index (χ0v) is 18.7. The minimum atomic E-state index is -0.871. The minimum Gasteiger partial charge on any atom is -0.507 e. The van der Waals surface area contributed by atoms with Crippen molar-refractivity contribution in [2.45, 2.75) is 13.0 Å². The first-order valence-corrected chi connectivity index (χ1v) is 10.5. The summed E-state index contributed by atoms with van der Waals surface area (Å²) in [5.74, 6) is -0.600. The number of carbonyl (C=O) groups is 2. The van der Waals surface area contributed by atoms with Gasteiger partial charge in [-0.3, -0.25) is 14.5 Å².